The number of para-hydroxylation sites is 3. The quantitative estimate of drug-likeness (QED) is 0.209. The Morgan fingerprint density at radius 2 is 1.18 bits per heavy atom. The summed E-state index contributed by atoms with van der Waals surface area (Å²) in [6.45, 7) is 0. The van der Waals surface area contributed by atoms with Crippen molar-refractivity contribution in [3.8, 4) is 27.9 Å². The number of hydrogen-bond donors (Lipinski definition) is 0. The molecule has 0 amide bonds. The highest BCUT2D eigenvalue weighted by molar-refractivity contribution is 9.10. The summed E-state index contributed by atoms with van der Waals surface area (Å²) in [6.07, 6.45) is 0. The Bertz CT molecular complexity index is 2180. The lowest BCUT2D eigenvalue weighted by atomic mass is 9.97. The Morgan fingerprint density at radius 3 is 2.08 bits per heavy atom. The number of benzene rings is 6. The Kier molecular flexibility index (Phi) is 5.01. The standard InChI is InChI=1S/C36H22BrNO/c37-26-16-18-27(19-17-26)38-33-13-3-1-9-29(33)32-22-24(15-20-34(32)38)23-7-5-8-25(21-23)28-11-6-12-31-30-10-2-4-14-35(30)39-36(28)31/h1-22H. The van der Waals surface area contributed by atoms with Crippen LogP contribution in [0.4, 0.5) is 0 Å². The first-order valence-corrected chi connectivity index (χ1v) is 13.8. The van der Waals surface area contributed by atoms with Crippen molar-refractivity contribution in [3.05, 3.63) is 138 Å². The molecule has 3 heteroatoms. The van der Waals surface area contributed by atoms with Gasteiger partial charge in [-0.2, -0.15) is 0 Å². The molecule has 39 heavy (non-hydrogen) atoms. The van der Waals surface area contributed by atoms with Crippen LogP contribution in [0.2, 0.25) is 0 Å². The van der Waals surface area contributed by atoms with Crippen molar-refractivity contribution in [1.29, 1.82) is 0 Å². The molecule has 0 unspecified atom stereocenters. The second-order valence-electron chi connectivity index (χ2n) is 9.92. The molecule has 0 bridgehead atoms. The fraction of sp³-hybridized carbons (Fsp3) is 0. The van der Waals surface area contributed by atoms with E-state index in [1.807, 2.05) is 12.1 Å². The molecular formula is C36H22BrNO. The molecule has 0 fully saturated rings. The van der Waals surface area contributed by atoms with E-state index in [9.17, 15) is 0 Å². The van der Waals surface area contributed by atoms with Gasteiger partial charge in [0.15, 0.2) is 0 Å². The maximum absolute atomic E-state index is 6.34. The van der Waals surface area contributed by atoms with Gasteiger partial charge >= 0.3 is 0 Å². The van der Waals surface area contributed by atoms with Gasteiger partial charge in [0.05, 0.1) is 11.0 Å². The van der Waals surface area contributed by atoms with Gasteiger partial charge in [-0.25, -0.2) is 0 Å². The second-order valence-corrected chi connectivity index (χ2v) is 10.8. The minimum Gasteiger partial charge on any atom is -0.455 e. The van der Waals surface area contributed by atoms with Gasteiger partial charge in [0.1, 0.15) is 11.2 Å². The first-order valence-electron chi connectivity index (χ1n) is 13.0. The molecule has 0 atom stereocenters. The van der Waals surface area contributed by atoms with E-state index in [1.165, 1.54) is 32.9 Å². The Labute approximate surface area is 233 Å². The van der Waals surface area contributed by atoms with Crippen molar-refractivity contribution in [2.45, 2.75) is 0 Å². The highest BCUT2D eigenvalue weighted by Gasteiger charge is 2.15. The molecule has 0 aliphatic heterocycles. The lowest BCUT2D eigenvalue weighted by Crippen LogP contribution is -1.93. The normalized spacial score (nSPS) is 11.7. The van der Waals surface area contributed by atoms with Crippen molar-refractivity contribution in [2.24, 2.45) is 0 Å². The summed E-state index contributed by atoms with van der Waals surface area (Å²) in [5.41, 5.74) is 10.0. The van der Waals surface area contributed by atoms with E-state index in [2.05, 4.69) is 142 Å². The van der Waals surface area contributed by atoms with Gasteiger partial charge in [-0.1, -0.05) is 94.8 Å². The van der Waals surface area contributed by atoms with Crippen LogP contribution in [0, 0.1) is 0 Å². The summed E-state index contributed by atoms with van der Waals surface area (Å²) in [7, 11) is 0. The molecule has 8 rings (SSSR count). The molecule has 8 aromatic rings. The highest BCUT2D eigenvalue weighted by atomic mass is 79.9. The van der Waals surface area contributed by atoms with Crippen LogP contribution in [-0.4, -0.2) is 4.57 Å². The third-order valence-electron chi connectivity index (χ3n) is 7.67. The van der Waals surface area contributed by atoms with Crippen LogP contribution in [0.25, 0.3) is 71.7 Å². The van der Waals surface area contributed by atoms with Crippen LogP contribution in [0.1, 0.15) is 0 Å². The van der Waals surface area contributed by atoms with Crippen molar-refractivity contribution in [2.75, 3.05) is 0 Å². The van der Waals surface area contributed by atoms with Crippen molar-refractivity contribution >= 4 is 59.7 Å². The highest BCUT2D eigenvalue weighted by Crippen LogP contribution is 2.38. The van der Waals surface area contributed by atoms with Gasteiger partial charge in [-0.05, 0) is 71.3 Å². The zero-order valence-corrected chi connectivity index (χ0v) is 22.5. The molecule has 184 valence electrons. The molecule has 2 heterocycles. The first kappa shape index (κ1) is 22.4. The zero-order chi connectivity index (χ0) is 25.9. The minimum atomic E-state index is 0.920. The first-order chi connectivity index (χ1) is 19.2. The molecule has 0 saturated carbocycles. The number of rotatable bonds is 3. The predicted octanol–water partition coefficient (Wildman–Crippen LogP) is 10.8. The van der Waals surface area contributed by atoms with Crippen molar-refractivity contribution in [3.63, 3.8) is 0 Å². The molecule has 0 aliphatic carbocycles. The van der Waals surface area contributed by atoms with Gasteiger partial charge in [0.2, 0.25) is 0 Å². The van der Waals surface area contributed by atoms with Gasteiger partial charge in [-0.3, -0.25) is 0 Å². The maximum atomic E-state index is 6.34. The molecule has 6 aromatic carbocycles. The van der Waals surface area contributed by atoms with Crippen LogP contribution in [0.3, 0.4) is 0 Å². The fourth-order valence-electron chi connectivity index (χ4n) is 5.86. The van der Waals surface area contributed by atoms with Gasteiger partial charge in [-0.15, -0.1) is 0 Å². The van der Waals surface area contributed by atoms with E-state index in [0.29, 0.717) is 0 Å². The van der Waals surface area contributed by atoms with E-state index in [1.54, 1.807) is 0 Å². The van der Waals surface area contributed by atoms with Crippen molar-refractivity contribution < 1.29 is 4.42 Å². The van der Waals surface area contributed by atoms with Gasteiger partial charge < -0.3 is 8.98 Å². The smallest absolute Gasteiger partial charge is 0.143 e. The van der Waals surface area contributed by atoms with Crippen molar-refractivity contribution in [1.82, 2.24) is 4.57 Å². The molecule has 0 spiro atoms. The SMILES string of the molecule is Brc1ccc(-n2c3ccccc3c3cc(-c4cccc(-c5cccc6c5oc5ccccc56)c4)ccc32)cc1. The third-order valence-corrected chi connectivity index (χ3v) is 8.20. The topological polar surface area (TPSA) is 18.1 Å². The summed E-state index contributed by atoms with van der Waals surface area (Å²) in [5, 5.41) is 4.80. The number of aromatic nitrogens is 1. The molecule has 0 N–H and O–H groups in total. The summed E-state index contributed by atoms with van der Waals surface area (Å²) < 4.78 is 9.76. The monoisotopic (exact) mass is 563 g/mol. The van der Waals surface area contributed by atoms with E-state index >= 15 is 0 Å². The molecular weight excluding hydrogens is 542 g/mol. The summed E-state index contributed by atoms with van der Waals surface area (Å²) in [6, 6.07) is 47.4. The summed E-state index contributed by atoms with van der Waals surface area (Å²) >= 11 is 3.57. The Balaban J connectivity index is 1.30. The molecule has 0 radical (unpaired) electrons. The van der Waals surface area contributed by atoms with Crippen LogP contribution < -0.4 is 0 Å². The van der Waals surface area contributed by atoms with Gasteiger partial charge in [0.25, 0.3) is 0 Å². The number of furan rings is 1. The molecule has 0 saturated heterocycles. The van der Waals surface area contributed by atoms with E-state index in [0.717, 1.165) is 43.2 Å². The van der Waals surface area contributed by atoms with Crippen LogP contribution >= 0.6 is 15.9 Å². The van der Waals surface area contributed by atoms with Crippen LogP contribution in [0.15, 0.2) is 142 Å². The molecule has 2 nitrogen and oxygen atoms in total. The lowest BCUT2D eigenvalue weighted by molar-refractivity contribution is 0.670. The number of hydrogen-bond acceptors (Lipinski definition) is 1. The Hall–Kier alpha value is -4.60. The van der Waals surface area contributed by atoms with Crippen LogP contribution in [-0.2, 0) is 0 Å². The maximum Gasteiger partial charge on any atom is 0.143 e. The third kappa shape index (κ3) is 3.54. The molecule has 2 aromatic heterocycles. The van der Waals surface area contributed by atoms with E-state index < -0.39 is 0 Å². The average Bonchev–Trinajstić information content (AvgIpc) is 3.53. The van der Waals surface area contributed by atoms with Gasteiger partial charge in [0, 0.05) is 37.3 Å². The second kappa shape index (κ2) is 8.72. The van der Waals surface area contributed by atoms with E-state index in [-0.39, 0.29) is 0 Å². The summed E-state index contributed by atoms with van der Waals surface area (Å²) in [4.78, 5) is 0. The summed E-state index contributed by atoms with van der Waals surface area (Å²) in [5.74, 6) is 0. The number of nitrogens with zero attached hydrogens (tertiary/aromatic N) is 1. The minimum absolute atomic E-state index is 0.920. The zero-order valence-electron chi connectivity index (χ0n) is 20.9. The molecule has 0 aliphatic rings. The average molecular weight is 564 g/mol. The predicted molar refractivity (Wildman–Crippen MR) is 167 cm³/mol. The fourth-order valence-corrected chi connectivity index (χ4v) is 6.13. The Morgan fingerprint density at radius 1 is 0.487 bits per heavy atom. The van der Waals surface area contributed by atoms with Crippen LogP contribution in [0.5, 0.6) is 0 Å². The number of halogens is 1. The number of fused-ring (bicyclic) bond motifs is 6. The lowest BCUT2D eigenvalue weighted by Gasteiger charge is -2.09. The largest absolute Gasteiger partial charge is 0.455 e. The van der Waals surface area contributed by atoms with E-state index in [4.69, 9.17) is 4.42 Å².